The van der Waals surface area contributed by atoms with E-state index in [1.165, 1.54) is 44.9 Å². The smallest absolute Gasteiger partial charge is 0.264 e. The molecule has 0 saturated carbocycles. The largest absolute Gasteiger partial charge is 0.268 e. The van der Waals surface area contributed by atoms with E-state index < -0.39 is 4.33 Å². The first-order chi connectivity index (χ1) is 15.1. The van der Waals surface area contributed by atoms with Crippen LogP contribution in [-0.2, 0) is 5.41 Å². The molecule has 0 amide bonds. The first-order valence-electron chi connectivity index (χ1n) is 13.0. The minimum atomic E-state index is -0.648. The van der Waals surface area contributed by atoms with Gasteiger partial charge in [0, 0.05) is 11.5 Å². The van der Waals surface area contributed by atoms with Gasteiger partial charge in [-0.05, 0) is 62.8 Å². The van der Waals surface area contributed by atoms with Crippen LogP contribution >= 0.6 is 23.2 Å². The molecule has 0 aliphatic carbocycles. The Kier molecular flexibility index (Phi) is 13.5. The molecule has 1 N–H and O–H groups in total. The molecule has 32 heavy (non-hydrogen) atoms. The van der Waals surface area contributed by atoms with Gasteiger partial charge in [-0.15, -0.1) is 23.2 Å². The normalized spacial score (nSPS) is 16.2. The monoisotopic (exact) mass is 486 g/mol. The second-order valence-electron chi connectivity index (χ2n) is 10.3. The summed E-state index contributed by atoms with van der Waals surface area (Å²) in [5.41, 5.74) is 0.853. The van der Waals surface area contributed by atoms with Crippen LogP contribution < -0.4 is 5.56 Å². The number of nitrogens with zero attached hydrogens (tertiary/aromatic N) is 1. The maximum Gasteiger partial charge on any atom is 0.264 e. The van der Waals surface area contributed by atoms with Crippen LogP contribution in [0.2, 0.25) is 0 Å². The molecule has 0 saturated heterocycles. The molecule has 1 aromatic rings. The number of aromatic nitrogens is 2. The molecule has 1 heterocycles. The lowest BCUT2D eigenvalue weighted by molar-refractivity contribution is 0.174. The number of halogens is 2. The van der Waals surface area contributed by atoms with Crippen molar-refractivity contribution in [2.75, 3.05) is 0 Å². The molecule has 0 fully saturated rings. The predicted molar refractivity (Wildman–Crippen MR) is 141 cm³/mol. The van der Waals surface area contributed by atoms with Gasteiger partial charge < -0.3 is 0 Å². The molecule has 186 valence electrons. The molecule has 0 aliphatic rings. The lowest BCUT2D eigenvalue weighted by atomic mass is 9.64. The van der Waals surface area contributed by atoms with E-state index in [1.807, 2.05) is 13.0 Å². The third kappa shape index (κ3) is 10.2. The summed E-state index contributed by atoms with van der Waals surface area (Å²) in [6, 6.07) is 3.61. The van der Waals surface area contributed by atoms with E-state index in [0.29, 0.717) is 11.8 Å². The average molecular weight is 488 g/mol. The van der Waals surface area contributed by atoms with Crippen LogP contribution in [0.3, 0.4) is 0 Å². The molecule has 3 unspecified atom stereocenters. The zero-order valence-electron chi connectivity index (χ0n) is 21.5. The third-order valence-corrected chi connectivity index (χ3v) is 7.98. The Labute approximate surface area is 207 Å². The van der Waals surface area contributed by atoms with E-state index in [0.717, 1.165) is 43.7 Å². The van der Waals surface area contributed by atoms with Crippen molar-refractivity contribution in [3.63, 3.8) is 0 Å². The molecule has 5 heteroatoms. The van der Waals surface area contributed by atoms with Gasteiger partial charge in [0.2, 0.25) is 0 Å². The summed E-state index contributed by atoms with van der Waals surface area (Å²) in [5.74, 6) is 1.97. The Morgan fingerprint density at radius 1 is 0.938 bits per heavy atom. The maximum absolute atomic E-state index is 11.8. The number of H-pyrrole nitrogens is 1. The number of aromatic amines is 1. The number of alkyl halides is 2. The van der Waals surface area contributed by atoms with Crippen molar-refractivity contribution in [3.05, 3.63) is 28.2 Å². The summed E-state index contributed by atoms with van der Waals surface area (Å²) >= 11 is 12.4. The summed E-state index contributed by atoms with van der Waals surface area (Å²) in [6.07, 6.45) is 13.8. The van der Waals surface area contributed by atoms with Crippen LogP contribution in [0, 0.1) is 17.8 Å². The van der Waals surface area contributed by atoms with E-state index in [2.05, 4.69) is 44.8 Å². The molecule has 1 aromatic heterocycles. The van der Waals surface area contributed by atoms with Gasteiger partial charge in [0.15, 0.2) is 0 Å². The Morgan fingerprint density at radius 2 is 1.56 bits per heavy atom. The number of hydrogen-bond acceptors (Lipinski definition) is 2. The van der Waals surface area contributed by atoms with Gasteiger partial charge in [-0.3, -0.25) is 4.79 Å². The number of rotatable bonds is 17. The fraction of sp³-hybridized carbons (Fsp3) is 0.852. The Bertz CT molecular complexity index is 660. The fourth-order valence-corrected chi connectivity index (χ4v) is 5.56. The van der Waals surface area contributed by atoms with Crippen molar-refractivity contribution < 1.29 is 0 Å². The SMILES string of the molecule is CCCCC(CCCCC(C)(Cl)Cl)C(C)(CC(CC)CC(CC)CC)c1ccc(=O)[nH]n1. The number of unbranched alkanes of at least 4 members (excludes halogenated alkanes) is 2. The topological polar surface area (TPSA) is 45.8 Å². The van der Waals surface area contributed by atoms with Crippen LogP contribution in [0.5, 0.6) is 0 Å². The van der Waals surface area contributed by atoms with E-state index in [4.69, 9.17) is 23.2 Å². The van der Waals surface area contributed by atoms with Gasteiger partial charge in [0.25, 0.3) is 5.56 Å². The standard InChI is InChI=1S/C27H48Cl2N2O/c1-7-11-14-23(15-12-13-18-27(6,28)29)26(5,24-16-17-25(32)31-30-24)20-22(10-4)19-21(8-2)9-3/h16-17,21-23H,7-15,18-20H2,1-6H3,(H,31,32). The second-order valence-corrected chi connectivity index (χ2v) is 12.1. The van der Waals surface area contributed by atoms with Crippen molar-refractivity contribution in [1.29, 1.82) is 0 Å². The van der Waals surface area contributed by atoms with Gasteiger partial charge in [-0.25, -0.2) is 5.10 Å². The van der Waals surface area contributed by atoms with Crippen molar-refractivity contribution in [1.82, 2.24) is 10.2 Å². The van der Waals surface area contributed by atoms with E-state index >= 15 is 0 Å². The average Bonchev–Trinajstić information content (AvgIpc) is 2.75. The Morgan fingerprint density at radius 3 is 2.06 bits per heavy atom. The molecule has 0 bridgehead atoms. The summed E-state index contributed by atoms with van der Waals surface area (Å²) in [4.78, 5) is 11.8. The Balaban J connectivity index is 3.19. The zero-order chi connectivity index (χ0) is 24.2. The summed E-state index contributed by atoms with van der Waals surface area (Å²) in [6.45, 7) is 13.5. The molecule has 3 atom stereocenters. The lowest BCUT2D eigenvalue weighted by Gasteiger charge is -2.41. The predicted octanol–water partition coefficient (Wildman–Crippen LogP) is 8.83. The zero-order valence-corrected chi connectivity index (χ0v) is 23.0. The van der Waals surface area contributed by atoms with Crippen LogP contribution in [0.15, 0.2) is 16.9 Å². The molecule has 0 aliphatic heterocycles. The third-order valence-electron chi connectivity index (χ3n) is 7.60. The molecular weight excluding hydrogens is 439 g/mol. The maximum atomic E-state index is 11.8. The highest BCUT2D eigenvalue weighted by Crippen LogP contribution is 2.44. The quantitative estimate of drug-likeness (QED) is 0.176. The number of nitrogens with one attached hydrogen (secondary N) is 1. The van der Waals surface area contributed by atoms with Crippen LogP contribution in [-0.4, -0.2) is 14.5 Å². The van der Waals surface area contributed by atoms with Crippen LogP contribution in [0.25, 0.3) is 0 Å². The molecule has 0 radical (unpaired) electrons. The molecule has 3 nitrogen and oxygen atoms in total. The lowest BCUT2D eigenvalue weighted by Crippen LogP contribution is -2.37. The van der Waals surface area contributed by atoms with Crippen LogP contribution in [0.1, 0.15) is 124 Å². The van der Waals surface area contributed by atoms with Crippen molar-refractivity contribution in [3.8, 4) is 0 Å². The van der Waals surface area contributed by atoms with Gasteiger partial charge in [-0.1, -0.05) is 79.6 Å². The fourth-order valence-electron chi connectivity index (χ4n) is 5.29. The summed E-state index contributed by atoms with van der Waals surface area (Å²) < 4.78 is -0.648. The minimum absolute atomic E-state index is 0.0582. The van der Waals surface area contributed by atoms with Gasteiger partial charge in [0.05, 0.1) is 5.69 Å². The minimum Gasteiger partial charge on any atom is -0.268 e. The molecule has 1 rings (SSSR count). The molecular formula is C27H48Cl2N2O. The number of hydrogen-bond donors (Lipinski definition) is 1. The summed E-state index contributed by atoms with van der Waals surface area (Å²) in [5, 5.41) is 7.29. The van der Waals surface area contributed by atoms with Gasteiger partial charge in [0.1, 0.15) is 4.33 Å². The first-order valence-corrected chi connectivity index (χ1v) is 13.8. The van der Waals surface area contributed by atoms with Crippen LogP contribution in [0.4, 0.5) is 0 Å². The van der Waals surface area contributed by atoms with Crippen molar-refractivity contribution in [2.24, 2.45) is 17.8 Å². The molecule has 0 spiro atoms. The highest BCUT2D eigenvalue weighted by atomic mass is 35.5. The van der Waals surface area contributed by atoms with Crippen molar-refractivity contribution in [2.45, 2.75) is 128 Å². The highest BCUT2D eigenvalue weighted by Gasteiger charge is 2.38. The molecule has 0 aromatic carbocycles. The van der Waals surface area contributed by atoms with E-state index in [1.54, 1.807) is 6.07 Å². The van der Waals surface area contributed by atoms with E-state index in [9.17, 15) is 4.79 Å². The van der Waals surface area contributed by atoms with Crippen molar-refractivity contribution >= 4 is 23.2 Å². The first kappa shape index (κ1) is 29.5. The van der Waals surface area contributed by atoms with Gasteiger partial charge in [-0.2, -0.15) is 5.10 Å². The highest BCUT2D eigenvalue weighted by molar-refractivity contribution is 6.48. The van der Waals surface area contributed by atoms with Gasteiger partial charge >= 0.3 is 0 Å². The summed E-state index contributed by atoms with van der Waals surface area (Å²) in [7, 11) is 0. The Hall–Kier alpha value is -0.540. The van der Waals surface area contributed by atoms with E-state index in [-0.39, 0.29) is 11.0 Å². The second kappa shape index (κ2) is 14.7.